The monoisotopic (exact) mass is 863 g/mol. The molecule has 1 N–H and O–H groups in total. The molecule has 0 aromatic carbocycles. The summed E-state index contributed by atoms with van der Waals surface area (Å²) < 4.78 is 10.6. The smallest absolute Gasteiger partial charge is 0.306 e. The Bertz CT molecular complexity index is 845. The minimum absolute atomic E-state index is 0.0570. The van der Waals surface area contributed by atoms with E-state index >= 15 is 0 Å². The summed E-state index contributed by atoms with van der Waals surface area (Å²) in [6.45, 7) is 4.17. The van der Waals surface area contributed by atoms with Gasteiger partial charge in [0.2, 0.25) is 0 Å². The van der Waals surface area contributed by atoms with Gasteiger partial charge in [-0.05, 0) is 12.8 Å². The Balaban J connectivity index is 3.30. The molecular formula is C56H110O5. The van der Waals surface area contributed by atoms with Gasteiger partial charge in [-0.1, -0.05) is 303 Å². The Labute approximate surface area is 382 Å². The lowest BCUT2D eigenvalue weighted by Crippen LogP contribution is -2.28. The SMILES string of the molecule is CCCCCCCCCCCCCCCCCCCCCCCCCCCCCCCCCCCCCCCC(=O)OC(CO)COC(=O)CCCCCCCCCCCC. The molecule has 0 radical (unpaired) electrons. The number of rotatable bonds is 53. The van der Waals surface area contributed by atoms with E-state index in [1.165, 1.54) is 263 Å². The molecule has 0 aromatic rings. The zero-order chi connectivity index (χ0) is 44.2. The normalized spacial score (nSPS) is 12.0. The van der Waals surface area contributed by atoms with Crippen molar-refractivity contribution in [1.82, 2.24) is 0 Å². The first-order valence-electron chi connectivity index (χ1n) is 28.1. The van der Waals surface area contributed by atoms with Gasteiger partial charge >= 0.3 is 11.9 Å². The molecule has 0 fully saturated rings. The van der Waals surface area contributed by atoms with E-state index in [-0.39, 0.29) is 25.2 Å². The van der Waals surface area contributed by atoms with Crippen molar-refractivity contribution < 1.29 is 24.2 Å². The number of esters is 2. The van der Waals surface area contributed by atoms with Crippen LogP contribution in [0.1, 0.15) is 328 Å². The summed E-state index contributed by atoms with van der Waals surface area (Å²) in [6.07, 6.45) is 64.0. The highest BCUT2D eigenvalue weighted by atomic mass is 16.6. The number of hydrogen-bond acceptors (Lipinski definition) is 5. The molecule has 0 aliphatic rings. The molecule has 5 heteroatoms. The fourth-order valence-electron chi connectivity index (χ4n) is 8.91. The Morgan fingerprint density at radius 1 is 0.311 bits per heavy atom. The second-order valence-electron chi connectivity index (χ2n) is 19.4. The number of carbonyl (C=O) groups is 2. The molecule has 0 saturated heterocycles. The lowest BCUT2D eigenvalue weighted by atomic mass is 10.0. The highest BCUT2D eigenvalue weighted by Gasteiger charge is 2.16. The summed E-state index contributed by atoms with van der Waals surface area (Å²) in [4.78, 5) is 24.3. The summed E-state index contributed by atoms with van der Waals surface area (Å²) in [5.41, 5.74) is 0. The minimum Gasteiger partial charge on any atom is -0.462 e. The van der Waals surface area contributed by atoms with Crippen LogP contribution in [0.4, 0.5) is 0 Å². The summed E-state index contributed by atoms with van der Waals surface area (Å²) in [6, 6.07) is 0. The molecule has 0 aliphatic heterocycles. The molecule has 1 atom stereocenters. The maximum Gasteiger partial charge on any atom is 0.306 e. The van der Waals surface area contributed by atoms with Gasteiger partial charge in [0, 0.05) is 12.8 Å². The van der Waals surface area contributed by atoms with Gasteiger partial charge in [-0.25, -0.2) is 0 Å². The number of aliphatic hydroxyl groups excluding tert-OH is 1. The summed E-state index contributed by atoms with van der Waals surface area (Å²) in [5, 5.41) is 9.59. The van der Waals surface area contributed by atoms with Gasteiger partial charge in [-0.15, -0.1) is 0 Å². The van der Waals surface area contributed by atoms with Crippen LogP contribution in [-0.4, -0.2) is 36.4 Å². The van der Waals surface area contributed by atoms with Crippen LogP contribution < -0.4 is 0 Å². The average Bonchev–Trinajstić information content (AvgIpc) is 3.26. The van der Waals surface area contributed by atoms with Crippen molar-refractivity contribution >= 4 is 11.9 Å². The lowest BCUT2D eigenvalue weighted by Gasteiger charge is -2.15. The van der Waals surface area contributed by atoms with Crippen LogP contribution in [0, 0.1) is 0 Å². The Morgan fingerprint density at radius 2 is 0.508 bits per heavy atom. The minimum atomic E-state index is -0.762. The zero-order valence-electron chi connectivity index (χ0n) is 41.7. The third kappa shape index (κ3) is 51.4. The van der Waals surface area contributed by atoms with Crippen molar-refractivity contribution in [3.05, 3.63) is 0 Å². The van der Waals surface area contributed by atoms with Crippen LogP contribution in [0.5, 0.6) is 0 Å². The standard InChI is InChI=1S/C56H110O5/c1-3-5-7-9-11-13-15-16-17-18-19-20-21-22-23-24-25-26-27-28-29-30-31-32-33-34-35-36-37-38-39-40-41-43-45-47-49-51-56(59)61-54(52-57)53-60-55(58)50-48-46-44-42-14-12-10-8-6-4-2/h54,57H,3-53H2,1-2H3. The van der Waals surface area contributed by atoms with Gasteiger partial charge in [0.1, 0.15) is 6.61 Å². The highest BCUT2D eigenvalue weighted by molar-refractivity contribution is 5.70. The second-order valence-corrected chi connectivity index (χ2v) is 19.4. The highest BCUT2D eigenvalue weighted by Crippen LogP contribution is 2.18. The van der Waals surface area contributed by atoms with Crippen LogP contribution >= 0.6 is 0 Å². The largest absolute Gasteiger partial charge is 0.462 e. The Morgan fingerprint density at radius 3 is 0.721 bits per heavy atom. The summed E-state index contributed by atoms with van der Waals surface area (Å²) in [7, 11) is 0. The number of ether oxygens (including phenoxy) is 2. The second kappa shape index (κ2) is 53.2. The topological polar surface area (TPSA) is 72.8 Å². The molecule has 0 aromatic heterocycles. The number of carbonyl (C=O) groups excluding carboxylic acids is 2. The van der Waals surface area contributed by atoms with Crippen LogP contribution in [-0.2, 0) is 19.1 Å². The third-order valence-electron chi connectivity index (χ3n) is 13.2. The molecule has 1 unspecified atom stereocenters. The molecule has 61 heavy (non-hydrogen) atoms. The molecule has 0 rings (SSSR count). The first-order chi connectivity index (χ1) is 30.1. The van der Waals surface area contributed by atoms with E-state index in [0.29, 0.717) is 12.8 Å². The van der Waals surface area contributed by atoms with E-state index in [1.807, 2.05) is 0 Å². The number of unbranched alkanes of at least 4 members (excludes halogenated alkanes) is 45. The molecule has 0 saturated carbocycles. The van der Waals surface area contributed by atoms with Crippen molar-refractivity contribution in [3.8, 4) is 0 Å². The van der Waals surface area contributed by atoms with E-state index in [2.05, 4.69) is 13.8 Å². The van der Waals surface area contributed by atoms with E-state index in [1.54, 1.807) is 0 Å². The van der Waals surface area contributed by atoms with Crippen molar-refractivity contribution in [3.63, 3.8) is 0 Å². The van der Waals surface area contributed by atoms with E-state index < -0.39 is 6.10 Å². The van der Waals surface area contributed by atoms with E-state index in [4.69, 9.17) is 9.47 Å². The van der Waals surface area contributed by atoms with Gasteiger partial charge in [0.05, 0.1) is 6.61 Å². The van der Waals surface area contributed by atoms with Crippen LogP contribution in [0.2, 0.25) is 0 Å². The molecule has 0 heterocycles. The van der Waals surface area contributed by atoms with Crippen molar-refractivity contribution in [2.75, 3.05) is 13.2 Å². The average molecular weight is 863 g/mol. The van der Waals surface area contributed by atoms with E-state index in [9.17, 15) is 14.7 Å². The van der Waals surface area contributed by atoms with Crippen LogP contribution in [0.25, 0.3) is 0 Å². The van der Waals surface area contributed by atoms with Gasteiger partial charge in [-0.2, -0.15) is 0 Å². The molecular weight excluding hydrogens is 753 g/mol. The summed E-state index contributed by atoms with van der Waals surface area (Å²) >= 11 is 0. The fraction of sp³-hybridized carbons (Fsp3) is 0.964. The van der Waals surface area contributed by atoms with Gasteiger partial charge < -0.3 is 14.6 Å². The molecule has 0 amide bonds. The number of aliphatic hydroxyl groups is 1. The number of hydrogen-bond donors (Lipinski definition) is 1. The van der Waals surface area contributed by atoms with Crippen molar-refractivity contribution in [1.29, 1.82) is 0 Å². The van der Waals surface area contributed by atoms with Crippen LogP contribution in [0.3, 0.4) is 0 Å². The molecule has 364 valence electrons. The maximum atomic E-state index is 12.2. The predicted molar refractivity (Wildman–Crippen MR) is 266 cm³/mol. The summed E-state index contributed by atoms with van der Waals surface area (Å²) in [5.74, 6) is -0.572. The Kier molecular flexibility index (Phi) is 52.3. The van der Waals surface area contributed by atoms with Crippen molar-refractivity contribution in [2.24, 2.45) is 0 Å². The van der Waals surface area contributed by atoms with Gasteiger partial charge in [0.25, 0.3) is 0 Å². The quantitative estimate of drug-likeness (QED) is 0.0487. The maximum absolute atomic E-state index is 12.2. The predicted octanol–water partition coefficient (Wildman–Crippen LogP) is 18.6. The molecule has 0 bridgehead atoms. The van der Waals surface area contributed by atoms with Gasteiger partial charge in [-0.3, -0.25) is 9.59 Å². The third-order valence-corrected chi connectivity index (χ3v) is 13.2. The van der Waals surface area contributed by atoms with Gasteiger partial charge in [0.15, 0.2) is 6.10 Å². The lowest BCUT2D eigenvalue weighted by molar-refractivity contribution is -0.161. The first-order valence-corrected chi connectivity index (χ1v) is 28.1. The van der Waals surface area contributed by atoms with Crippen LogP contribution in [0.15, 0.2) is 0 Å². The molecule has 0 aliphatic carbocycles. The Hall–Kier alpha value is -1.10. The molecule has 0 spiro atoms. The zero-order valence-corrected chi connectivity index (χ0v) is 41.7. The van der Waals surface area contributed by atoms with Crippen molar-refractivity contribution in [2.45, 2.75) is 335 Å². The van der Waals surface area contributed by atoms with E-state index in [0.717, 1.165) is 38.5 Å². The fourth-order valence-corrected chi connectivity index (χ4v) is 8.91. The molecule has 5 nitrogen and oxygen atoms in total. The first kappa shape index (κ1) is 59.9.